The summed E-state index contributed by atoms with van der Waals surface area (Å²) in [5, 5.41) is 9.63. The number of guanidine groups is 1. The summed E-state index contributed by atoms with van der Waals surface area (Å²) in [4.78, 5) is 16.2. The maximum atomic E-state index is 11.5. The van der Waals surface area contributed by atoms with Gasteiger partial charge in [0.1, 0.15) is 5.75 Å². The van der Waals surface area contributed by atoms with E-state index in [1.165, 1.54) is 25.7 Å². The Kier molecular flexibility index (Phi) is 11.9. The molecule has 0 radical (unpaired) electrons. The average molecular weight is 502 g/mol. The number of carbonyl (C=O) groups excluding carboxylic acids is 1. The van der Waals surface area contributed by atoms with Gasteiger partial charge in [-0.15, -0.1) is 24.0 Å². The summed E-state index contributed by atoms with van der Waals surface area (Å²) in [6.45, 7) is 8.34. The Labute approximate surface area is 186 Å². The van der Waals surface area contributed by atoms with Crippen LogP contribution >= 0.6 is 24.0 Å². The number of hydrogen-bond donors (Lipinski definition) is 3. The Morgan fingerprint density at radius 3 is 2.54 bits per heavy atom. The van der Waals surface area contributed by atoms with Crippen molar-refractivity contribution in [1.82, 2.24) is 16.0 Å². The van der Waals surface area contributed by atoms with Gasteiger partial charge in [0.15, 0.2) is 12.6 Å². The van der Waals surface area contributed by atoms with Gasteiger partial charge in [-0.2, -0.15) is 0 Å². The Morgan fingerprint density at radius 2 is 1.86 bits per heavy atom. The summed E-state index contributed by atoms with van der Waals surface area (Å²) >= 11 is 0. The Hall–Kier alpha value is -1.51. The largest absolute Gasteiger partial charge is 0.484 e. The first-order valence-electron chi connectivity index (χ1n) is 10.1. The van der Waals surface area contributed by atoms with Gasteiger partial charge in [0.25, 0.3) is 5.91 Å². The van der Waals surface area contributed by atoms with E-state index in [2.05, 4.69) is 29.8 Å². The van der Waals surface area contributed by atoms with Crippen LogP contribution in [0.2, 0.25) is 0 Å². The Balaban J connectivity index is 0.00000392. The minimum Gasteiger partial charge on any atom is -0.484 e. The van der Waals surface area contributed by atoms with Crippen LogP contribution in [-0.4, -0.2) is 37.6 Å². The van der Waals surface area contributed by atoms with E-state index in [-0.39, 0.29) is 36.5 Å². The first-order chi connectivity index (χ1) is 13.1. The summed E-state index contributed by atoms with van der Waals surface area (Å²) in [6, 6.07) is 8.26. The van der Waals surface area contributed by atoms with Gasteiger partial charge in [0.2, 0.25) is 0 Å². The quantitative estimate of drug-likeness (QED) is 0.289. The zero-order valence-corrected chi connectivity index (χ0v) is 19.6. The highest BCUT2D eigenvalue weighted by Gasteiger charge is 2.18. The molecule has 0 aliphatic heterocycles. The van der Waals surface area contributed by atoms with Gasteiger partial charge < -0.3 is 20.7 Å². The number of rotatable bonds is 8. The molecule has 0 bridgehead atoms. The zero-order chi connectivity index (χ0) is 19.5. The molecule has 6 nitrogen and oxygen atoms in total. The number of nitrogens with zero attached hydrogens (tertiary/aromatic N) is 1. The molecule has 1 aliphatic carbocycles. The second kappa shape index (κ2) is 13.6. The monoisotopic (exact) mass is 502 g/mol. The van der Waals surface area contributed by atoms with Gasteiger partial charge in [0, 0.05) is 19.1 Å². The number of aliphatic imine (C=N–C) groups is 1. The van der Waals surface area contributed by atoms with Crippen LogP contribution in [0, 0.1) is 5.92 Å². The molecule has 7 heteroatoms. The lowest BCUT2D eigenvalue weighted by molar-refractivity contribution is -0.122. The van der Waals surface area contributed by atoms with Crippen LogP contribution in [0.1, 0.15) is 52.0 Å². The van der Waals surface area contributed by atoms with E-state index in [0.717, 1.165) is 24.0 Å². The number of benzene rings is 1. The third-order valence-corrected chi connectivity index (χ3v) is 4.76. The van der Waals surface area contributed by atoms with E-state index in [0.29, 0.717) is 24.9 Å². The van der Waals surface area contributed by atoms with Crippen LogP contribution in [-0.2, 0) is 11.3 Å². The number of ether oxygens (including phenoxy) is 1. The van der Waals surface area contributed by atoms with Gasteiger partial charge in [-0.05, 0) is 63.1 Å². The highest BCUT2D eigenvalue weighted by molar-refractivity contribution is 14.0. The third-order valence-electron chi connectivity index (χ3n) is 4.76. The van der Waals surface area contributed by atoms with Crippen molar-refractivity contribution in [2.75, 3.05) is 19.7 Å². The Morgan fingerprint density at radius 1 is 1.14 bits per heavy atom. The molecule has 0 saturated heterocycles. The molecule has 2 rings (SSSR count). The van der Waals surface area contributed by atoms with Gasteiger partial charge in [-0.3, -0.25) is 4.79 Å². The molecule has 0 aromatic heterocycles. The van der Waals surface area contributed by atoms with Gasteiger partial charge in [-0.1, -0.05) is 19.1 Å². The molecule has 0 heterocycles. The predicted molar refractivity (Wildman–Crippen MR) is 125 cm³/mol. The lowest BCUT2D eigenvalue weighted by atomic mass is 9.87. The van der Waals surface area contributed by atoms with Crippen molar-refractivity contribution in [2.45, 2.75) is 59.0 Å². The predicted octanol–water partition coefficient (Wildman–Crippen LogP) is 3.45. The zero-order valence-electron chi connectivity index (χ0n) is 17.3. The fourth-order valence-electron chi connectivity index (χ4n) is 3.22. The minimum absolute atomic E-state index is 0. The van der Waals surface area contributed by atoms with E-state index >= 15 is 0 Å². The van der Waals surface area contributed by atoms with Crippen LogP contribution in [0.4, 0.5) is 0 Å². The number of nitrogens with one attached hydrogen (secondary N) is 3. The molecule has 1 aromatic carbocycles. The highest BCUT2D eigenvalue weighted by Crippen LogP contribution is 2.23. The standard InChI is InChI=1S/C21H34N4O2.HI/c1-4-22-20(26)15-27-19-8-6-7-17(13-19)14-24-21(23-5-2)25-18-11-9-16(3)10-12-18;/h6-8,13,16,18H,4-5,9-12,14-15H2,1-3H3,(H,22,26)(H2,23,24,25);1H. The number of hydrogen-bond acceptors (Lipinski definition) is 3. The van der Waals surface area contributed by atoms with Crippen molar-refractivity contribution >= 4 is 35.8 Å². The lowest BCUT2D eigenvalue weighted by Gasteiger charge is -2.28. The topological polar surface area (TPSA) is 74.8 Å². The van der Waals surface area contributed by atoms with Gasteiger partial charge in [-0.25, -0.2) is 4.99 Å². The van der Waals surface area contributed by atoms with Crippen molar-refractivity contribution < 1.29 is 9.53 Å². The van der Waals surface area contributed by atoms with Crippen LogP contribution < -0.4 is 20.7 Å². The van der Waals surface area contributed by atoms with E-state index in [1.54, 1.807) is 0 Å². The van der Waals surface area contributed by atoms with Crippen LogP contribution in [0.15, 0.2) is 29.3 Å². The molecule has 1 aliphatic rings. The molecule has 1 saturated carbocycles. The number of carbonyl (C=O) groups is 1. The average Bonchev–Trinajstić information content (AvgIpc) is 2.67. The van der Waals surface area contributed by atoms with Gasteiger partial charge in [0.05, 0.1) is 6.54 Å². The lowest BCUT2D eigenvalue weighted by Crippen LogP contribution is -2.44. The molecule has 0 atom stereocenters. The molecule has 0 unspecified atom stereocenters. The second-order valence-electron chi connectivity index (χ2n) is 7.19. The number of amides is 1. The van der Waals surface area contributed by atoms with Crippen molar-refractivity contribution in [3.05, 3.63) is 29.8 Å². The fourth-order valence-corrected chi connectivity index (χ4v) is 3.22. The molecular weight excluding hydrogens is 467 g/mol. The molecule has 3 N–H and O–H groups in total. The molecule has 1 aromatic rings. The summed E-state index contributed by atoms with van der Waals surface area (Å²) in [7, 11) is 0. The first-order valence-corrected chi connectivity index (χ1v) is 10.1. The van der Waals surface area contributed by atoms with Crippen molar-refractivity contribution in [1.29, 1.82) is 0 Å². The minimum atomic E-state index is -0.110. The smallest absolute Gasteiger partial charge is 0.257 e. The maximum absolute atomic E-state index is 11.5. The SMILES string of the molecule is CCNC(=O)COc1cccc(CN=C(NCC)NC2CCC(C)CC2)c1.I. The summed E-state index contributed by atoms with van der Waals surface area (Å²) in [6.07, 6.45) is 4.97. The van der Waals surface area contributed by atoms with Crippen LogP contribution in [0.3, 0.4) is 0 Å². The molecule has 158 valence electrons. The van der Waals surface area contributed by atoms with Gasteiger partial charge >= 0.3 is 0 Å². The molecular formula is C21H35IN4O2. The maximum Gasteiger partial charge on any atom is 0.257 e. The molecule has 0 spiro atoms. The van der Waals surface area contributed by atoms with Crippen molar-refractivity contribution in [3.8, 4) is 5.75 Å². The second-order valence-corrected chi connectivity index (χ2v) is 7.19. The summed E-state index contributed by atoms with van der Waals surface area (Å²) in [5.41, 5.74) is 1.05. The summed E-state index contributed by atoms with van der Waals surface area (Å²) in [5.74, 6) is 2.28. The molecule has 1 fully saturated rings. The summed E-state index contributed by atoms with van der Waals surface area (Å²) < 4.78 is 5.56. The van der Waals surface area contributed by atoms with Crippen molar-refractivity contribution in [3.63, 3.8) is 0 Å². The number of halogens is 1. The Bertz CT molecular complexity index is 616. The van der Waals surface area contributed by atoms with E-state index in [4.69, 9.17) is 9.73 Å². The number of likely N-dealkylation sites (N-methyl/N-ethyl adjacent to an activating group) is 1. The first kappa shape index (κ1) is 24.5. The van der Waals surface area contributed by atoms with Crippen molar-refractivity contribution in [2.24, 2.45) is 10.9 Å². The molecule has 1 amide bonds. The van der Waals surface area contributed by atoms with E-state index in [1.807, 2.05) is 31.2 Å². The van der Waals surface area contributed by atoms with E-state index < -0.39 is 0 Å². The molecule has 28 heavy (non-hydrogen) atoms. The van der Waals surface area contributed by atoms with E-state index in [9.17, 15) is 4.79 Å². The normalized spacial score (nSPS) is 19.3. The van der Waals surface area contributed by atoms with Crippen LogP contribution in [0.25, 0.3) is 0 Å². The highest BCUT2D eigenvalue weighted by atomic mass is 127. The van der Waals surface area contributed by atoms with Crippen LogP contribution in [0.5, 0.6) is 5.75 Å². The fraction of sp³-hybridized carbons (Fsp3) is 0.619. The third kappa shape index (κ3) is 9.12.